The highest BCUT2D eigenvalue weighted by molar-refractivity contribution is 6.30. The van der Waals surface area contributed by atoms with Gasteiger partial charge in [0.05, 0.1) is 5.02 Å². The van der Waals surface area contributed by atoms with E-state index in [-0.39, 0.29) is 0 Å². The number of nitrogens with zero attached hydrogens (tertiary/aromatic N) is 1. The fourth-order valence-corrected chi connectivity index (χ4v) is 1.79. The van der Waals surface area contributed by atoms with Crippen molar-refractivity contribution in [1.82, 2.24) is 4.57 Å². The molecule has 0 saturated heterocycles. The maximum Gasteiger partial charge on any atom is 0.352 e. The van der Waals surface area contributed by atoms with E-state index < -0.39 is 5.97 Å². The van der Waals surface area contributed by atoms with Gasteiger partial charge in [-0.3, -0.25) is 0 Å². The Morgan fingerprint density at radius 1 is 1.77 bits per heavy atom. The van der Waals surface area contributed by atoms with Crippen LogP contribution >= 0.6 is 11.6 Å². The third-order valence-electron chi connectivity index (χ3n) is 2.46. The molecule has 2 rings (SSSR count). The van der Waals surface area contributed by atoms with E-state index >= 15 is 0 Å². The van der Waals surface area contributed by atoms with Crippen LogP contribution < -0.4 is 0 Å². The van der Waals surface area contributed by atoms with Gasteiger partial charge in [0.15, 0.2) is 0 Å². The predicted molar refractivity (Wildman–Crippen MR) is 49.2 cm³/mol. The molecule has 0 spiro atoms. The molecule has 3 nitrogen and oxygen atoms in total. The van der Waals surface area contributed by atoms with Gasteiger partial charge in [-0.25, -0.2) is 4.79 Å². The van der Waals surface area contributed by atoms with E-state index in [1.807, 2.05) is 0 Å². The van der Waals surface area contributed by atoms with Crippen LogP contribution in [0.5, 0.6) is 0 Å². The average Bonchev–Trinajstić information content (AvgIpc) is 2.60. The first kappa shape index (κ1) is 8.63. The molecule has 0 radical (unpaired) electrons. The molecule has 1 saturated carbocycles. The Bertz CT molecular complexity index is 358. The molecule has 70 valence electrons. The Morgan fingerprint density at radius 3 is 2.85 bits per heavy atom. The fourth-order valence-electron chi connectivity index (χ4n) is 1.58. The molecular formula is C9H10ClNO2. The van der Waals surface area contributed by atoms with Crippen LogP contribution in [-0.2, 0) is 0 Å². The van der Waals surface area contributed by atoms with Gasteiger partial charge in [-0.05, 0) is 18.4 Å². The van der Waals surface area contributed by atoms with Gasteiger partial charge in [0, 0.05) is 12.2 Å². The van der Waals surface area contributed by atoms with Crippen molar-refractivity contribution in [2.24, 2.45) is 5.92 Å². The van der Waals surface area contributed by atoms with Crippen molar-refractivity contribution in [1.29, 1.82) is 0 Å². The lowest BCUT2D eigenvalue weighted by molar-refractivity contribution is 0.0684. The summed E-state index contributed by atoms with van der Waals surface area (Å²) in [5.41, 5.74) is 0.291. The number of hydrogen-bond donors (Lipinski definition) is 1. The summed E-state index contributed by atoms with van der Waals surface area (Å²) in [6.07, 6.45) is 2.74. The third-order valence-corrected chi connectivity index (χ3v) is 2.67. The summed E-state index contributed by atoms with van der Waals surface area (Å²) >= 11 is 5.75. The van der Waals surface area contributed by atoms with Crippen molar-refractivity contribution in [2.75, 3.05) is 0 Å². The number of carbonyl (C=O) groups is 1. The lowest BCUT2D eigenvalue weighted by Gasteiger charge is -2.02. The van der Waals surface area contributed by atoms with Gasteiger partial charge < -0.3 is 9.67 Å². The van der Waals surface area contributed by atoms with Crippen LogP contribution in [0, 0.1) is 5.92 Å². The van der Waals surface area contributed by atoms with Crippen LogP contribution in [0.15, 0.2) is 12.3 Å². The number of aromatic nitrogens is 1. The first-order valence-corrected chi connectivity index (χ1v) is 4.58. The molecule has 1 N–H and O–H groups in total. The number of aromatic carboxylic acids is 1. The van der Waals surface area contributed by atoms with Gasteiger partial charge >= 0.3 is 5.97 Å². The highest BCUT2D eigenvalue weighted by Gasteiger charge is 2.36. The Hall–Kier alpha value is -0.960. The molecule has 0 aromatic carbocycles. The fraction of sp³-hybridized carbons (Fsp3) is 0.444. The van der Waals surface area contributed by atoms with Gasteiger partial charge in [-0.15, -0.1) is 0 Å². The van der Waals surface area contributed by atoms with Gasteiger partial charge in [0.1, 0.15) is 5.69 Å². The topological polar surface area (TPSA) is 42.2 Å². The lowest BCUT2D eigenvalue weighted by Crippen LogP contribution is -2.06. The van der Waals surface area contributed by atoms with Crippen molar-refractivity contribution >= 4 is 17.6 Å². The summed E-state index contributed by atoms with van der Waals surface area (Å²) in [7, 11) is 0. The highest BCUT2D eigenvalue weighted by atomic mass is 35.5. The Morgan fingerprint density at radius 2 is 2.38 bits per heavy atom. The van der Waals surface area contributed by atoms with Crippen LogP contribution in [0.3, 0.4) is 0 Å². The zero-order chi connectivity index (χ0) is 9.59. The quantitative estimate of drug-likeness (QED) is 0.795. The molecule has 0 aliphatic heterocycles. The Labute approximate surface area is 80.9 Å². The molecule has 0 bridgehead atoms. The van der Waals surface area contributed by atoms with E-state index in [1.165, 1.54) is 6.07 Å². The Balaban J connectivity index is 2.38. The van der Waals surface area contributed by atoms with Gasteiger partial charge in [0.25, 0.3) is 0 Å². The molecule has 1 fully saturated rings. The summed E-state index contributed by atoms with van der Waals surface area (Å²) in [5, 5.41) is 9.36. The van der Waals surface area contributed by atoms with Gasteiger partial charge in [-0.2, -0.15) is 0 Å². The summed E-state index contributed by atoms with van der Waals surface area (Å²) in [4.78, 5) is 10.8. The third kappa shape index (κ3) is 1.44. The zero-order valence-corrected chi connectivity index (χ0v) is 7.95. The number of carboxylic acids is 1. The normalized spacial score (nSPS) is 26.0. The molecule has 2 unspecified atom stereocenters. The minimum Gasteiger partial charge on any atom is -0.477 e. The molecule has 1 aliphatic carbocycles. The maximum absolute atomic E-state index is 10.8. The monoisotopic (exact) mass is 199 g/mol. The number of rotatable bonds is 2. The lowest BCUT2D eigenvalue weighted by atomic mass is 10.4. The zero-order valence-electron chi connectivity index (χ0n) is 7.20. The number of hydrogen-bond acceptors (Lipinski definition) is 1. The molecule has 1 aromatic heterocycles. The van der Waals surface area contributed by atoms with E-state index in [1.54, 1.807) is 10.8 Å². The molecule has 1 heterocycles. The molecule has 13 heavy (non-hydrogen) atoms. The summed E-state index contributed by atoms with van der Waals surface area (Å²) in [6, 6.07) is 1.83. The van der Waals surface area contributed by atoms with Crippen molar-refractivity contribution in [3.05, 3.63) is 23.0 Å². The van der Waals surface area contributed by atoms with Crippen molar-refractivity contribution in [3.63, 3.8) is 0 Å². The molecule has 1 aromatic rings. The van der Waals surface area contributed by atoms with Gasteiger partial charge in [-0.1, -0.05) is 18.5 Å². The van der Waals surface area contributed by atoms with Crippen LogP contribution in [0.2, 0.25) is 5.02 Å². The highest BCUT2D eigenvalue weighted by Crippen LogP contribution is 2.44. The second-order valence-electron chi connectivity index (χ2n) is 3.54. The van der Waals surface area contributed by atoms with Crippen molar-refractivity contribution in [3.8, 4) is 0 Å². The van der Waals surface area contributed by atoms with E-state index in [4.69, 9.17) is 16.7 Å². The minimum absolute atomic E-state index is 0.291. The van der Waals surface area contributed by atoms with Gasteiger partial charge in [0.2, 0.25) is 0 Å². The average molecular weight is 200 g/mol. The summed E-state index contributed by atoms with van der Waals surface area (Å²) < 4.78 is 1.76. The van der Waals surface area contributed by atoms with Crippen molar-refractivity contribution < 1.29 is 9.90 Å². The predicted octanol–water partition coefficient (Wildman–Crippen LogP) is 2.42. The van der Waals surface area contributed by atoms with E-state index in [0.717, 1.165) is 6.42 Å². The SMILES string of the molecule is CC1CC1n1cc(Cl)cc1C(=O)O. The first-order valence-electron chi connectivity index (χ1n) is 4.20. The summed E-state index contributed by atoms with van der Waals surface area (Å²) in [6.45, 7) is 2.10. The first-order chi connectivity index (χ1) is 6.09. The number of halogens is 1. The Kier molecular flexibility index (Phi) is 1.84. The van der Waals surface area contributed by atoms with E-state index in [0.29, 0.717) is 22.7 Å². The van der Waals surface area contributed by atoms with Crippen LogP contribution in [-0.4, -0.2) is 15.6 Å². The van der Waals surface area contributed by atoms with Crippen LogP contribution in [0.1, 0.15) is 29.9 Å². The smallest absolute Gasteiger partial charge is 0.352 e. The second-order valence-corrected chi connectivity index (χ2v) is 3.97. The molecule has 0 amide bonds. The summed E-state index contributed by atoms with van der Waals surface area (Å²) in [5.74, 6) is -0.340. The molecular weight excluding hydrogens is 190 g/mol. The van der Waals surface area contributed by atoms with E-state index in [2.05, 4.69) is 6.92 Å². The number of carboxylic acid groups (broad SMARTS) is 1. The van der Waals surface area contributed by atoms with E-state index in [9.17, 15) is 4.79 Å². The van der Waals surface area contributed by atoms with Crippen molar-refractivity contribution in [2.45, 2.75) is 19.4 Å². The maximum atomic E-state index is 10.8. The standard InChI is InChI=1S/C9H10ClNO2/c1-5-2-7(5)11-4-6(10)3-8(11)9(12)13/h3-5,7H,2H2,1H3,(H,12,13). The molecule has 1 aliphatic rings. The largest absolute Gasteiger partial charge is 0.477 e. The van der Waals surface area contributed by atoms with Crippen LogP contribution in [0.25, 0.3) is 0 Å². The minimum atomic E-state index is -0.911. The molecule has 4 heteroatoms. The molecule has 2 atom stereocenters. The second kappa shape index (κ2) is 2.77. The van der Waals surface area contributed by atoms with Crippen LogP contribution in [0.4, 0.5) is 0 Å².